The van der Waals surface area contributed by atoms with E-state index in [1.165, 1.54) is 5.01 Å². The molecule has 0 aromatic heterocycles. The van der Waals surface area contributed by atoms with Gasteiger partial charge in [0.05, 0.1) is 11.3 Å². The molecule has 0 N–H and O–H groups in total. The average molecular weight is 482 g/mol. The van der Waals surface area contributed by atoms with Crippen LogP contribution in [0.15, 0.2) is 98.5 Å². The molecular weight excluding hydrogens is 468 g/mol. The second kappa shape index (κ2) is 7.62. The predicted octanol–water partition coefficient (Wildman–Crippen LogP) is 6.05. The van der Waals surface area contributed by atoms with E-state index in [9.17, 15) is 4.79 Å². The third kappa shape index (κ3) is 3.80. The Balaban J connectivity index is 1.81. The molecule has 0 spiro atoms. The first kappa shape index (κ1) is 17.9. The van der Waals surface area contributed by atoms with Crippen LogP contribution < -0.4 is 5.01 Å². The highest BCUT2D eigenvalue weighted by molar-refractivity contribution is 9.10. The first-order valence-corrected chi connectivity index (χ1v) is 9.92. The zero-order chi connectivity index (χ0) is 18.8. The summed E-state index contributed by atoms with van der Waals surface area (Å²) in [5, 5.41) is 6.10. The first-order valence-electron chi connectivity index (χ1n) is 8.33. The molecule has 27 heavy (non-hydrogen) atoms. The summed E-state index contributed by atoms with van der Waals surface area (Å²) in [6.45, 7) is 0. The molecule has 1 aliphatic rings. The summed E-state index contributed by atoms with van der Waals surface area (Å²) in [6, 6.07) is 25.2. The number of carbonyl (C=O) groups excluding carboxylic acids is 1. The van der Waals surface area contributed by atoms with E-state index >= 15 is 0 Å². The Hall–Kier alpha value is -2.50. The smallest absolute Gasteiger partial charge is 0.267 e. The highest BCUT2D eigenvalue weighted by Crippen LogP contribution is 2.29. The van der Waals surface area contributed by atoms with Crippen molar-refractivity contribution >= 4 is 55.2 Å². The van der Waals surface area contributed by atoms with E-state index in [0.717, 1.165) is 25.8 Å². The van der Waals surface area contributed by atoms with Gasteiger partial charge in [-0.1, -0.05) is 74.3 Å². The molecule has 0 aliphatic carbocycles. The summed E-state index contributed by atoms with van der Waals surface area (Å²) in [4.78, 5) is 13.2. The highest BCUT2D eigenvalue weighted by Gasteiger charge is 2.31. The molecule has 132 valence electrons. The Bertz CT molecular complexity index is 1040. The van der Waals surface area contributed by atoms with Crippen LogP contribution in [0.25, 0.3) is 6.08 Å². The summed E-state index contributed by atoms with van der Waals surface area (Å²) < 4.78 is 1.95. The van der Waals surface area contributed by atoms with Crippen molar-refractivity contribution in [3.8, 4) is 0 Å². The molecule has 5 heteroatoms. The number of hydrazone groups is 1. The molecule has 0 fully saturated rings. The second-order valence-corrected chi connectivity index (χ2v) is 7.85. The summed E-state index contributed by atoms with van der Waals surface area (Å²) in [7, 11) is 0. The number of amides is 1. The molecule has 1 heterocycles. The van der Waals surface area contributed by atoms with Gasteiger partial charge in [0, 0.05) is 14.5 Å². The van der Waals surface area contributed by atoms with Crippen molar-refractivity contribution in [1.29, 1.82) is 0 Å². The molecule has 1 aliphatic heterocycles. The first-order chi connectivity index (χ1) is 13.1. The zero-order valence-electron chi connectivity index (χ0n) is 14.1. The van der Waals surface area contributed by atoms with E-state index in [1.807, 2.05) is 84.9 Å². The summed E-state index contributed by atoms with van der Waals surface area (Å²) in [5.41, 5.74) is 3.84. The Labute approximate surface area is 174 Å². The summed E-state index contributed by atoms with van der Waals surface area (Å²) >= 11 is 6.87. The van der Waals surface area contributed by atoms with Gasteiger partial charge in [0.2, 0.25) is 0 Å². The third-order valence-electron chi connectivity index (χ3n) is 4.18. The minimum Gasteiger partial charge on any atom is -0.267 e. The normalized spacial score (nSPS) is 15.3. The lowest BCUT2D eigenvalue weighted by atomic mass is 10.0. The van der Waals surface area contributed by atoms with Gasteiger partial charge < -0.3 is 0 Å². The van der Waals surface area contributed by atoms with Crippen LogP contribution in [0.2, 0.25) is 0 Å². The molecule has 3 nitrogen and oxygen atoms in total. The molecule has 0 atom stereocenters. The lowest BCUT2D eigenvalue weighted by Crippen LogP contribution is -2.21. The lowest BCUT2D eigenvalue weighted by molar-refractivity contribution is -0.114. The van der Waals surface area contributed by atoms with Crippen LogP contribution in [0.5, 0.6) is 0 Å². The number of nitrogens with zero attached hydrogens (tertiary/aromatic N) is 2. The molecule has 0 unspecified atom stereocenters. The van der Waals surface area contributed by atoms with Gasteiger partial charge in [-0.05, 0) is 48.0 Å². The van der Waals surface area contributed by atoms with E-state index in [1.54, 1.807) is 0 Å². The van der Waals surface area contributed by atoms with E-state index in [0.29, 0.717) is 11.3 Å². The Kier molecular flexibility index (Phi) is 5.05. The van der Waals surface area contributed by atoms with Crippen LogP contribution in [-0.2, 0) is 4.79 Å². The Morgan fingerprint density at radius 3 is 2.00 bits per heavy atom. The quantitative estimate of drug-likeness (QED) is 0.419. The van der Waals surface area contributed by atoms with Gasteiger partial charge >= 0.3 is 0 Å². The molecule has 0 bridgehead atoms. The molecule has 0 saturated carbocycles. The Morgan fingerprint density at radius 1 is 0.778 bits per heavy atom. The summed E-state index contributed by atoms with van der Waals surface area (Å²) in [6.07, 6.45) is 1.89. The SMILES string of the molecule is O=C1C(=Cc2ccc(Br)cc2)C(c2ccccc2)=NN1c1ccc(Br)cc1. The third-order valence-corrected chi connectivity index (χ3v) is 5.23. The molecule has 0 radical (unpaired) electrons. The zero-order valence-corrected chi connectivity index (χ0v) is 17.3. The van der Waals surface area contributed by atoms with Gasteiger partial charge in [-0.2, -0.15) is 10.1 Å². The fourth-order valence-electron chi connectivity index (χ4n) is 2.84. The highest BCUT2D eigenvalue weighted by atomic mass is 79.9. The lowest BCUT2D eigenvalue weighted by Gasteiger charge is -2.11. The van der Waals surface area contributed by atoms with Crippen LogP contribution in [0.4, 0.5) is 5.69 Å². The number of anilines is 1. The van der Waals surface area contributed by atoms with Crippen LogP contribution in [0.3, 0.4) is 0 Å². The maximum Gasteiger partial charge on any atom is 0.281 e. The van der Waals surface area contributed by atoms with Gasteiger partial charge in [-0.3, -0.25) is 4.79 Å². The molecule has 1 amide bonds. The fraction of sp³-hybridized carbons (Fsp3) is 0. The number of hydrogen-bond acceptors (Lipinski definition) is 2. The maximum atomic E-state index is 13.2. The van der Waals surface area contributed by atoms with Crippen molar-refractivity contribution < 1.29 is 4.79 Å². The van der Waals surface area contributed by atoms with Crippen molar-refractivity contribution in [2.45, 2.75) is 0 Å². The largest absolute Gasteiger partial charge is 0.281 e. The molecule has 4 rings (SSSR count). The standard InChI is InChI=1S/C22H14Br2N2O/c23-17-8-6-15(7-9-17)14-20-21(16-4-2-1-3-5-16)25-26(22(20)27)19-12-10-18(24)11-13-19/h1-14H. The van der Waals surface area contributed by atoms with Gasteiger partial charge in [0.15, 0.2) is 0 Å². The Morgan fingerprint density at radius 2 is 1.37 bits per heavy atom. The van der Waals surface area contributed by atoms with Gasteiger partial charge in [-0.15, -0.1) is 0 Å². The molecular formula is C22H14Br2N2O. The number of benzene rings is 3. The van der Waals surface area contributed by atoms with Gasteiger partial charge in [0.25, 0.3) is 5.91 Å². The van der Waals surface area contributed by atoms with Crippen LogP contribution >= 0.6 is 31.9 Å². The molecule has 3 aromatic rings. The van der Waals surface area contributed by atoms with E-state index < -0.39 is 0 Å². The molecule has 0 saturated heterocycles. The molecule has 3 aromatic carbocycles. The van der Waals surface area contributed by atoms with E-state index in [4.69, 9.17) is 0 Å². The monoisotopic (exact) mass is 480 g/mol. The van der Waals surface area contributed by atoms with Gasteiger partial charge in [-0.25, -0.2) is 0 Å². The minimum absolute atomic E-state index is 0.140. The topological polar surface area (TPSA) is 32.7 Å². The van der Waals surface area contributed by atoms with Crippen molar-refractivity contribution in [2.75, 3.05) is 5.01 Å². The van der Waals surface area contributed by atoms with E-state index in [-0.39, 0.29) is 5.91 Å². The van der Waals surface area contributed by atoms with Crippen LogP contribution in [-0.4, -0.2) is 11.6 Å². The van der Waals surface area contributed by atoms with Crippen molar-refractivity contribution in [3.05, 3.63) is 105 Å². The second-order valence-electron chi connectivity index (χ2n) is 6.02. The van der Waals surface area contributed by atoms with Crippen LogP contribution in [0.1, 0.15) is 11.1 Å². The number of halogens is 2. The van der Waals surface area contributed by atoms with Crippen molar-refractivity contribution in [1.82, 2.24) is 0 Å². The van der Waals surface area contributed by atoms with Crippen molar-refractivity contribution in [3.63, 3.8) is 0 Å². The van der Waals surface area contributed by atoms with Gasteiger partial charge in [0.1, 0.15) is 5.71 Å². The number of rotatable bonds is 3. The van der Waals surface area contributed by atoms with E-state index in [2.05, 4.69) is 37.0 Å². The number of carbonyl (C=O) groups is 1. The summed E-state index contributed by atoms with van der Waals surface area (Å²) in [5.74, 6) is -0.140. The fourth-order valence-corrected chi connectivity index (χ4v) is 3.37. The number of hydrogen-bond donors (Lipinski definition) is 0. The average Bonchev–Trinajstić information content (AvgIpc) is 3.01. The predicted molar refractivity (Wildman–Crippen MR) is 117 cm³/mol. The minimum atomic E-state index is -0.140. The van der Waals surface area contributed by atoms with Crippen molar-refractivity contribution in [2.24, 2.45) is 5.10 Å². The van der Waals surface area contributed by atoms with Crippen LogP contribution in [0, 0.1) is 0 Å². The maximum absolute atomic E-state index is 13.2.